The second kappa shape index (κ2) is 3.50. The predicted molar refractivity (Wildman–Crippen MR) is 39.0 cm³/mol. The molecule has 0 saturated heterocycles. The van der Waals surface area contributed by atoms with Crippen LogP contribution in [0.2, 0.25) is 0 Å². The number of rotatable bonds is 2. The van der Waals surface area contributed by atoms with Crippen LogP contribution in [0, 0.1) is 0 Å². The van der Waals surface area contributed by atoms with Crippen molar-refractivity contribution in [2.45, 2.75) is 0 Å². The maximum Gasteiger partial charge on any atom is 0.129 e. The van der Waals surface area contributed by atoms with Crippen LogP contribution >= 0.6 is 15.9 Å². The Morgan fingerprint density at radius 2 is 1.88 bits per heavy atom. The van der Waals surface area contributed by atoms with Crippen LogP contribution in [0.4, 0.5) is 0 Å². The van der Waals surface area contributed by atoms with Crippen LogP contribution in [0.25, 0.3) is 0 Å². The second-order valence-electron chi connectivity index (χ2n) is 1.14. The third kappa shape index (κ3) is 1.98. The molecular weight excluding hydrogens is 168 g/mol. The van der Waals surface area contributed by atoms with Crippen molar-refractivity contribution >= 4 is 15.9 Å². The number of allylic oxidation sites excluding steroid dienone is 3. The SMILES string of the molecule is C=C/C(O)=C(/Br)C=C. The minimum atomic E-state index is 0.111. The lowest BCUT2D eigenvalue weighted by atomic mass is 10.4. The molecule has 2 heteroatoms. The van der Waals surface area contributed by atoms with Crippen LogP contribution in [-0.2, 0) is 0 Å². The summed E-state index contributed by atoms with van der Waals surface area (Å²) in [6.07, 6.45) is 2.84. The van der Waals surface area contributed by atoms with Crippen molar-refractivity contribution in [1.29, 1.82) is 0 Å². The molecule has 0 bridgehead atoms. The average Bonchev–Trinajstić information content (AvgIpc) is 1.84. The molecule has 1 nitrogen and oxygen atoms in total. The fourth-order valence-corrected chi connectivity index (χ4v) is 0.364. The zero-order chi connectivity index (χ0) is 6.57. The highest BCUT2D eigenvalue weighted by atomic mass is 79.9. The summed E-state index contributed by atoms with van der Waals surface area (Å²) in [4.78, 5) is 0. The quantitative estimate of drug-likeness (QED) is 0.505. The maximum atomic E-state index is 8.77. The van der Waals surface area contributed by atoms with E-state index in [0.29, 0.717) is 4.48 Å². The highest BCUT2D eigenvalue weighted by Crippen LogP contribution is 2.10. The molecule has 0 amide bonds. The smallest absolute Gasteiger partial charge is 0.129 e. The van der Waals surface area contributed by atoms with Crippen molar-refractivity contribution in [2.75, 3.05) is 0 Å². The molecule has 0 aromatic carbocycles. The van der Waals surface area contributed by atoms with Gasteiger partial charge in [-0.15, -0.1) is 0 Å². The van der Waals surface area contributed by atoms with E-state index in [1.807, 2.05) is 0 Å². The lowest BCUT2D eigenvalue weighted by Gasteiger charge is -1.89. The van der Waals surface area contributed by atoms with E-state index in [0.717, 1.165) is 0 Å². The molecule has 0 aromatic heterocycles. The molecule has 0 fully saturated rings. The molecule has 0 radical (unpaired) electrons. The van der Waals surface area contributed by atoms with Gasteiger partial charge in [0, 0.05) is 0 Å². The number of aliphatic hydroxyl groups excluding tert-OH is 1. The van der Waals surface area contributed by atoms with Crippen LogP contribution < -0.4 is 0 Å². The highest BCUT2D eigenvalue weighted by molar-refractivity contribution is 9.11. The van der Waals surface area contributed by atoms with Crippen LogP contribution in [0.5, 0.6) is 0 Å². The molecule has 8 heavy (non-hydrogen) atoms. The molecule has 0 rings (SSSR count). The summed E-state index contributed by atoms with van der Waals surface area (Å²) in [6, 6.07) is 0. The molecule has 0 saturated carbocycles. The van der Waals surface area contributed by atoms with Gasteiger partial charge in [-0.3, -0.25) is 0 Å². The van der Waals surface area contributed by atoms with Gasteiger partial charge in [0.2, 0.25) is 0 Å². The van der Waals surface area contributed by atoms with E-state index in [9.17, 15) is 0 Å². The van der Waals surface area contributed by atoms with E-state index in [1.165, 1.54) is 12.2 Å². The van der Waals surface area contributed by atoms with Crippen LogP contribution in [0.3, 0.4) is 0 Å². The lowest BCUT2D eigenvalue weighted by molar-refractivity contribution is 0.432. The van der Waals surface area contributed by atoms with E-state index in [4.69, 9.17) is 5.11 Å². The summed E-state index contributed by atoms with van der Waals surface area (Å²) in [5, 5.41) is 8.77. The van der Waals surface area contributed by atoms with Crippen molar-refractivity contribution in [3.63, 3.8) is 0 Å². The second-order valence-corrected chi connectivity index (χ2v) is 2.00. The first-order valence-corrected chi connectivity index (χ1v) is 2.85. The van der Waals surface area contributed by atoms with Crippen molar-refractivity contribution < 1.29 is 5.11 Å². The summed E-state index contributed by atoms with van der Waals surface area (Å²) in [5.74, 6) is 0.111. The predicted octanol–water partition coefficient (Wildman–Crippen LogP) is 2.52. The molecule has 0 spiro atoms. The van der Waals surface area contributed by atoms with Gasteiger partial charge in [-0.05, 0) is 22.0 Å². The Morgan fingerprint density at radius 3 is 2.00 bits per heavy atom. The Labute approximate surface area is 57.2 Å². The molecule has 0 unspecified atom stereocenters. The molecular formula is C6H7BrO. The summed E-state index contributed by atoms with van der Waals surface area (Å²) < 4.78 is 0.563. The minimum Gasteiger partial charge on any atom is -0.507 e. The van der Waals surface area contributed by atoms with Gasteiger partial charge in [0.1, 0.15) is 5.76 Å². The molecule has 0 atom stereocenters. The Hall–Kier alpha value is -0.500. The van der Waals surface area contributed by atoms with Crippen LogP contribution in [0.1, 0.15) is 0 Å². The van der Waals surface area contributed by atoms with E-state index in [2.05, 4.69) is 29.1 Å². The Kier molecular flexibility index (Phi) is 3.28. The van der Waals surface area contributed by atoms with Gasteiger partial charge in [0.25, 0.3) is 0 Å². The topological polar surface area (TPSA) is 20.2 Å². The third-order valence-electron chi connectivity index (χ3n) is 0.617. The van der Waals surface area contributed by atoms with Gasteiger partial charge in [-0.1, -0.05) is 19.2 Å². The molecule has 1 N–H and O–H groups in total. The monoisotopic (exact) mass is 174 g/mol. The molecule has 0 aromatic rings. The fraction of sp³-hybridized carbons (Fsp3) is 0. The van der Waals surface area contributed by atoms with Gasteiger partial charge in [0.15, 0.2) is 0 Å². The van der Waals surface area contributed by atoms with Gasteiger partial charge < -0.3 is 5.11 Å². The van der Waals surface area contributed by atoms with Crippen LogP contribution in [-0.4, -0.2) is 5.11 Å². The van der Waals surface area contributed by atoms with E-state index in [1.54, 1.807) is 0 Å². The van der Waals surface area contributed by atoms with Gasteiger partial charge in [-0.2, -0.15) is 0 Å². The first-order chi connectivity index (χ1) is 3.72. The van der Waals surface area contributed by atoms with Crippen LogP contribution in [0.15, 0.2) is 35.6 Å². The summed E-state index contributed by atoms with van der Waals surface area (Å²) in [6.45, 7) is 6.76. The summed E-state index contributed by atoms with van der Waals surface area (Å²) in [7, 11) is 0. The third-order valence-corrected chi connectivity index (χ3v) is 1.35. The van der Waals surface area contributed by atoms with Gasteiger partial charge in [-0.25, -0.2) is 0 Å². The van der Waals surface area contributed by atoms with E-state index < -0.39 is 0 Å². The minimum absolute atomic E-state index is 0.111. The summed E-state index contributed by atoms with van der Waals surface area (Å²) >= 11 is 3.04. The number of halogens is 1. The van der Waals surface area contributed by atoms with E-state index >= 15 is 0 Å². The molecule has 44 valence electrons. The zero-order valence-corrected chi connectivity index (χ0v) is 5.98. The molecule has 0 aliphatic heterocycles. The Balaban J connectivity index is 4.25. The highest BCUT2D eigenvalue weighted by Gasteiger charge is 1.88. The maximum absolute atomic E-state index is 8.77. The first kappa shape index (κ1) is 7.50. The Morgan fingerprint density at radius 1 is 1.38 bits per heavy atom. The lowest BCUT2D eigenvalue weighted by Crippen LogP contribution is -1.73. The fourth-order valence-electron chi connectivity index (χ4n) is 0.202. The standard InChI is InChI=1S/C6H7BrO/c1-3-5(7)6(8)4-2/h3-4,8H,1-2H2/b6-5-. The normalized spacial score (nSPS) is 12.1. The Bertz CT molecular complexity index is 119. The molecule has 0 aliphatic carbocycles. The number of hydrogen-bond acceptors (Lipinski definition) is 1. The number of aliphatic hydroxyl groups is 1. The van der Waals surface area contributed by atoms with Crippen molar-refractivity contribution in [1.82, 2.24) is 0 Å². The number of hydrogen-bond donors (Lipinski definition) is 1. The largest absolute Gasteiger partial charge is 0.507 e. The van der Waals surface area contributed by atoms with Crippen molar-refractivity contribution in [2.24, 2.45) is 0 Å². The first-order valence-electron chi connectivity index (χ1n) is 2.06. The van der Waals surface area contributed by atoms with E-state index in [-0.39, 0.29) is 5.76 Å². The van der Waals surface area contributed by atoms with Gasteiger partial charge in [0.05, 0.1) is 4.48 Å². The average molecular weight is 175 g/mol. The molecule has 0 heterocycles. The molecule has 0 aliphatic rings. The summed E-state index contributed by atoms with van der Waals surface area (Å²) in [5.41, 5.74) is 0. The van der Waals surface area contributed by atoms with Gasteiger partial charge >= 0.3 is 0 Å². The van der Waals surface area contributed by atoms with Crippen molar-refractivity contribution in [3.8, 4) is 0 Å². The van der Waals surface area contributed by atoms with Crippen molar-refractivity contribution in [3.05, 3.63) is 35.6 Å². The zero-order valence-electron chi connectivity index (χ0n) is 4.39.